The maximum atomic E-state index is 12.0. The van der Waals surface area contributed by atoms with Gasteiger partial charge in [0.1, 0.15) is 6.54 Å². The Balaban J connectivity index is 2.72. The lowest BCUT2D eigenvalue weighted by Crippen LogP contribution is -2.37. The van der Waals surface area contributed by atoms with Crippen LogP contribution < -0.4 is 0 Å². The molecule has 0 aliphatic rings. The molecule has 1 heterocycles. The van der Waals surface area contributed by atoms with Gasteiger partial charge >= 0.3 is 5.97 Å². The average molecular weight is 250 g/mol. The third-order valence-corrected chi connectivity index (χ3v) is 2.61. The van der Waals surface area contributed by atoms with Crippen LogP contribution in [0.25, 0.3) is 0 Å². The van der Waals surface area contributed by atoms with E-state index in [-0.39, 0.29) is 18.9 Å². The molecular formula is C13H18N2O3. The third kappa shape index (κ3) is 4.16. The molecule has 18 heavy (non-hydrogen) atoms. The Hall–Kier alpha value is -1.91. The number of hydrogen-bond donors (Lipinski definition) is 1. The van der Waals surface area contributed by atoms with E-state index in [1.165, 1.54) is 4.90 Å². The van der Waals surface area contributed by atoms with E-state index in [0.717, 1.165) is 12.0 Å². The van der Waals surface area contributed by atoms with Crippen LogP contribution in [-0.4, -0.2) is 40.0 Å². The van der Waals surface area contributed by atoms with Crippen molar-refractivity contribution in [3.63, 3.8) is 0 Å². The number of aromatic nitrogens is 1. The standard InChI is InChI=1S/C13H18N2O3/c1-3-7-15(9-13(17)18)12(16)8-11-10(2)5-4-6-14-11/h4-6H,3,7-9H2,1-2H3,(H,17,18). The fourth-order valence-electron chi connectivity index (χ4n) is 1.68. The number of nitrogens with zero attached hydrogens (tertiary/aromatic N) is 2. The molecule has 5 heteroatoms. The van der Waals surface area contributed by atoms with Crippen LogP contribution in [0.4, 0.5) is 0 Å². The van der Waals surface area contributed by atoms with Crippen molar-refractivity contribution in [1.29, 1.82) is 0 Å². The molecule has 0 unspecified atom stereocenters. The Bertz CT molecular complexity index is 432. The highest BCUT2D eigenvalue weighted by Crippen LogP contribution is 2.06. The summed E-state index contributed by atoms with van der Waals surface area (Å²) in [5.74, 6) is -1.18. The van der Waals surface area contributed by atoms with E-state index in [2.05, 4.69) is 4.98 Å². The largest absolute Gasteiger partial charge is 0.480 e. The SMILES string of the molecule is CCCN(CC(=O)O)C(=O)Cc1ncccc1C. The maximum Gasteiger partial charge on any atom is 0.323 e. The third-order valence-electron chi connectivity index (χ3n) is 2.61. The number of amides is 1. The second-order valence-corrected chi connectivity index (χ2v) is 4.15. The molecule has 0 radical (unpaired) electrons. The van der Waals surface area contributed by atoms with E-state index in [4.69, 9.17) is 5.11 Å². The minimum absolute atomic E-state index is 0.153. The normalized spacial score (nSPS) is 10.1. The van der Waals surface area contributed by atoms with Crippen molar-refractivity contribution in [1.82, 2.24) is 9.88 Å². The van der Waals surface area contributed by atoms with E-state index in [0.29, 0.717) is 12.2 Å². The van der Waals surface area contributed by atoms with Gasteiger partial charge in [0.2, 0.25) is 5.91 Å². The van der Waals surface area contributed by atoms with Gasteiger partial charge in [0.25, 0.3) is 0 Å². The minimum atomic E-state index is -0.991. The molecule has 1 amide bonds. The van der Waals surface area contributed by atoms with Gasteiger partial charge in [0.05, 0.1) is 12.1 Å². The number of pyridine rings is 1. The van der Waals surface area contributed by atoms with Crippen LogP contribution in [0.5, 0.6) is 0 Å². The number of carbonyl (C=O) groups excluding carboxylic acids is 1. The molecule has 0 spiro atoms. The van der Waals surface area contributed by atoms with Gasteiger partial charge in [-0.05, 0) is 25.0 Å². The molecule has 1 N–H and O–H groups in total. The molecule has 98 valence electrons. The molecule has 0 atom stereocenters. The number of carboxylic acids is 1. The number of hydrogen-bond acceptors (Lipinski definition) is 3. The zero-order valence-electron chi connectivity index (χ0n) is 10.7. The molecule has 0 aliphatic heterocycles. The first-order valence-corrected chi connectivity index (χ1v) is 5.94. The lowest BCUT2D eigenvalue weighted by Gasteiger charge is -2.20. The monoisotopic (exact) mass is 250 g/mol. The Morgan fingerprint density at radius 3 is 2.72 bits per heavy atom. The van der Waals surface area contributed by atoms with Gasteiger partial charge in [-0.3, -0.25) is 14.6 Å². The zero-order chi connectivity index (χ0) is 13.5. The second-order valence-electron chi connectivity index (χ2n) is 4.15. The predicted molar refractivity (Wildman–Crippen MR) is 67.2 cm³/mol. The lowest BCUT2D eigenvalue weighted by molar-refractivity contribution is -0.144. The molecule has 5 nitrogen and oxygen atoms in total. The lowest BCUT2D eigenvalue weighted by atomic mass is 10.1. The van der Waals surface area contributed by atoms with Crippen LogP contribution in [0.1, 0.15) is 24.6 Å². The van der Waals surface area contributed by atoms with Crippen molar-refractivity contribution >= 4 is 11.9 Å². The second kappa shape index (κ2) is 6.74. The topological polar surface area (TPSA) is 70.5 Å². The molecule has 0 saturated carbocycles. The van der Waals surface area contributed by atoms with Gasteiger partial charge < -0.3 is 10.0 Å². The summed E-state index contributed by atoms with van der Waals surface area (Å²) >= 11 is 0. The summed E-state index contributed by atoms with van der Waals surface area (Å²) in [6.45, 7) is 4.00. The minimum Gasteiger partial charge on any atom is -0.480 e. The number of aryl methyl sites for hydroxylation is 1. The Morgan fingerprint density at radius 2 is 2.17 bits per heavy atom. The predicted octanol–water partition coefficient (Wildman–Crippen LogP) is 1.26. The van der Waals surface area contributed by atoms with Crippen LogP contribution in [0.3, 0.4) is 0 Å². The maximum absolute atomic E-state index is 12.0. The van der Waals surface area contributed by atoms with Crippen molar-refractivity contribution in [3.05, 3.63) is 29.6 Å². The molecule has 0 aliphatic carbocycles. The van der Waals surface area contributed by atoms with Gasteiger partial charge in [-0.2, -0.15) is 0 Å². The average Bonchev–Trinajstić information content (AvgIpc) is 2.31. The van der Waals surface area contributed by atoms with Crippen molar-refractivity contribution < 1.29 is 14.7 Å². The van der Waals surface area contributed by atoms with E-state index >= 15 is 0 Å². The first-order valence-electron chi connectivity index (χ1n) is 5.94. The van der Waals surface area contributed by atoms with Crippen molar-refractivity contribution in [2.75, 3.05) is 13.1 Å². The van der Waals surface area contributed by atoms with Gasteiger partial charge in [-0.1, -0.05) is 13.0 Å². The van der Waals surface area contributed by atoms with E-state index < -0.39 is 5.97 Å². The highest BCUT2D eigenvalue weighted by atomic mass is 16.4. The van der Waals surface area contributed by atoms with Crippen LogP contribution in [0, 0.1) is 6.92 Å². The fourth-order valence-corrected chi connectivity index (χ4v) is 1.68. The van der Waals surface area contributed by atoms with Crippen LogP contribution >= 0.6 is 0 Å². The summed E-state index contributed by atoms with van der Waals surface area (Å²) in [6.07, 6.45) is 2.52. The Kier molecular flexibility index (Phi) is 5.30. The molecule has 1 aromatic heterocycles. The zero-order valence-corrected chi connectivity index (χ0v) is 10.7. The molecular weight excluding hydrogens is 232 g/mol. The van der Waals surface area contributed by atoms with Gasteiger partial charge in [-0.15, -0.1) is 0 Å². The first-order chi connectivity index (χ1) is 8.54. The quantitative estimate of drug-likeness (QED) is 0.825. The number of carbonyl (C=O) groups is 2. The summed E-state index contributed by atoms with van der Waals surface area (Å²) in [5, 5.41) is 8.77. The van der Waals surface area contributed by atoms with Crippen molar-refractivity contribution in [3.8, 4) is 0 Å². The summed E-state index contributed by atoms with van der Waals surface area (Å²) < 4.78 is 0. The van der Waals surface area contributed by atoms with E-state index in [1.807, 2.05) is 26.0 Å². The molecule has 0 aromatic carbocycles. The Labute approximate surface area is 106 Å². The summed E-state index contributed by atoms with van der Waals surface area (Å²) in [6, 6.07) is 3.70. The molecule has 1 rings (SSSR count). The number of rotatable bonds is 6. The number of carboxylic acid groups (broad SMARTS) is 1. The molecule has 1 aromatic rings. The summed E-state index contributed by atoms with van der Waals surface area (Å²) in [7, 11) is 0. The highest BCUT2D eigenvalue weighted by Gasteiger charge is 2.17. The summed E-state index contributed by atoms with van der Waals surface area (Å²) in [5.41, 5.74) is 1.65. The summed E-state index contributed by atoms with van der Waals surface area (Å²) in [4.78, 5) is 28.2. The first kappa shape index (κ1) is 14.2. The van der Waals surface area contributed by atoms with E-state index in [9.17, 15) is 9.59 Å². The van der Waals surface area contributed by atoms with Crippen LogP contribution in [0.2, 0.25) is 0 Å². The van der Waals surface area contributed by atoms with Gasteiger partial charge in [0.15, 0.2) is 0 Å². The smallest absolute Gasteiger partial charge is 0.323 e. The van der Waals surface area contributed by atoms with Gasteiger partial charge in [-0.25, -0.2) is 0 Å². The fraction of sp³-hybridized carbons (Fsp3) is 0.462. The molecule has 0 saturated heterocycles. The van der Waals surface area contributed by atoms with E-state index in [1.54, 1.807) is 6.20 Å². The van der Waals surface area contributed by atoms with Crippen molar-refractivity contribution in [2.45, 2.75) is 26.7 Å². The Morgan fingerprint density at radius 1 is 1.44 bits per heavy atom. The molecule has 0 fully saturated rings. The van der Waals surface area contributed by atoms with Gasteiger partial charge in [0, 0.05) is 12.7 Å². The van der Waals surface area contributed by atoms with Crippen LogP contribution in [0.15, 0.2) is 18.3 Å². The van der Waals surface area contributed by atoms with Crippen molar-refractivity contribution in [2.24, 2.45) is 0 Å². The van der Waals surface area contributed by atoms with Crippen LogP contribution in [-0.2, 0) is 16.0 Å². The molecule has 0 bridgehead atoms. The number of aliphatic carboxylic acids is 1. The highest BCUT2D eigenvalue weighted by molar-refractivity contribution is 5.82.